The Morgan fingerprint density at radius 2 is 2.25 bits per heavy atom. The van der Waals surface area contributed by atoms with Crippen LogP contribution < -0.4 is 5.01 Å². The van der Waals surface area contributed by atoms with Crippen LogP contribution in [0.3, 0.4) is 0 Å². The van der Waals surface area contributed by atoms with Crippen LogP contribution in [0.4, 0.5) is 0 Å². The van der Waals surface area contributed by atoms with Gasteiger partial charge >= 0.3 is 0 Å². The van der Waals surface area contributed by atoms with Gasteiger partial charge in [0.25, 0.3) is 0 Å². The first kappa shape index (κ1) is 5.15. The molecule has 0 unspecified atom stereocenters. The topological polar surface area (TPSA) is 21.1 Å². The van der Waals surface area contributed by atoms with Crippen molar-refractivity contribution in [3.8, 4) is 0 Å². The highest BCUT2D eigenvalue weighted by molar-refractivity contribution is 4.82. The number of aromatic nitrogens is 2. The van der Waals surface area contributed by atoms with Crippen LogP contribution in [0.15, 0.2) is 18.5 Å². The molecule has 0 amide bonds. The zero-order valence-corrected chi connectivity index (χ0v) is 5.07. The monoisotopic (exact) mass is 111 g/mol. The van der Waals surface area contributed by atoms with Gasteiger partial charge in [0.1, 0.15) is 0 Å². The highest BCUT2D eigenvalue weighted by Crippen LogP contribution is 1.80. The normalized spacial score (nSPS) is 9.25. The first-order chi connectivity index (χ1) is 3.80. The molecule has 0 saturated heterocycles. The Labute approximate surface area is 48.5 Å². The lowest BCUT2D eigenvalue weighted by Gasteiger charge is -2.10. The highest BCUT2D eigenvalue weighted by Gasteiger charge is 1.85. The summed E-state index contributed by atoms with van der Waals surface area (Å²) in [6, 6.07) is 1.89. The van der Waals surface area contributed by atoms with Gasteiger partial charge in [-0.2, -0.15) is 9.89 Å². The summed E-state index contributed by atoms with van der Waals surface area (Å²) in [5, 5.41) is 5.85. The lowest BCUT2D eigenvalue weighted by molar-refractivity contribution is 0.639. The smallest absolute Gasteiger partial charge is 0.0510 e. The molecule has 0 aliphatic heterocycles. The van der Waals surface area contributed by atoms with Gasteiger partial charge < -0.3 is 5.01 Å². The second-order valence-electron chi connectivity index (χ2n) is 1.77. The van der Waals surface area contributed by atoms with E-state index in [9.17, 15) is 0 Å². The molecule has 1 aromatic rings. The van der Waals surface area contributed by atoms with Crippen molar-refractivity contribution in [3.05, 3.63) is 18.5 Å². The largest absolute Gasteiger partial charge is 0.303 e. The molecule has 44 valence electrons. The van der Waals surface area contributed by atoms with E-state index in [1.54, 1.807) is 11.0 Å². The first-order valence-electron chi connectivity index (χ1n) is 2.48. The van der Waals surface area contributed by atoms with Crippen molar-refractivity contribution >= 4 is 0 Å². The maximum atomic E-state index is 3.96. The van der Waals surface area contributed by atoms with Crippen LogP contribution in [0.5, 0.6) is 0 Å². The average molecular weight is 111 g/mol. The van der Waals surface area contributed by atoms with Gasteiger partial charge in [0.15, 0.2) is 0 Å². The molecule has 0 N–H and O–H groups in total. The van der Waals surface area contributed by atoms with Crippen molar-refractivity contribution in [3.63, 3.8) is 0 Å². The van der Waals surface area contributed by atoms with Gasteiger partial charge in [-0.05, 0) is 6.07 Å². The van der Waals surface area contributed by atoms with Gasteiger partial charge in [-0.1, -0.05) is 0 Å². The minimum absolute atomic E-state index is 1.75. The van der Waals surface area contributed by atoms with Crippen molar-refractivity contribution in [2.75, 3.05) is 19.1 Å². The Hall–Kier alpha value is -0.990. The standard InChI is InChI=1S/C5H9N3/c1-7(2)8-5-3-4-6-8/h3-5H,1-2H3. The molecule has 1 heterocycles. The van der Waals surface area contributed by atoms with Crippen molar-refractivity contribution in [1.82, 2.24) is 9.89 Å². The molecule has 3 heteroatoms. The van der Waals surface area contributed by atoms with Crippen LogP contribution in [0.25, 0.3) is 0 Å². The SMILES string of the molecule is CN(C)n1cccn1. The van der Waals surface area contributed by atoms with Crippen molar-refractivity contribution < 1.29 is 0 Å². The third-order valence-electron chi connectivity index (χ3n) is 0.900. The third kappa shape index (κ3) is 0.804. The van der Waals surface area contributed by atoms with E-state index >= 15 is 0 Å². The van der Waals surface area contributed by atoms with E-state index < -0.39 is 0 Å². The van der Waals surface area contributed by atoms with E-state index in [0.29, 0.717) is 0 Å². The first-order valence-corrected chi connectivity index (χ1v) is 2.48. The van der Waals surface area contributed by atoms with Crippen LogP contribution in [0.2, 0.25) is 0 Å². The molecular formula is C5H9N3. The fraction of sp³-hybridized carbons (Fsp3) is 0.400. The van der Waals surface area contributed by atoms with Gasteiger partial charge in [-0.15, -0.1) is 0 Å². The molecule has 1 rings (SSSR count). The zero-order chi connectivity index (χ0) is 5.98. The predicted octanol–water partition coefficient (Wildman–Crippen LogP) is 0.0807. The van der Waals surface area contributed by atoms with Crippen molar-refractivity contribution in [1.29, 1.82) is 0 Å². The van der Waals surface area contributed by atoms with Gasteiger partial charge in [0.05, 0.1) is 6.20 Å². The van der Waals surface area contributed by atoms with Crippen LogP contribution in [0, 0.1) is 0 Å². The lowest BCUT2D eigenvalue weighted by atomic mass is 10.8. The minimum atomic E-state index is 1.75. The molecular weight excluding hydrogens is 102 g/mol. The van der Waals surface area contributed by atoms with Gasteiger partial charge in [-0.25, -0.2) is 0 Å². The molecule has 0 fully saturated rings. The molecule has 1 aromatic heterocycles. The van der Waals surface area contributed by atoms with Crippen molar-refractivity contribution in [2.45, 2.75) is 0 Å². The fourth-order valence-corrected chi connectivity index (χ4v) is 0.497. The van der Waals surface area contributed by atoms with Crippen LogP contribution in [-0.2, 0) is 0 Å². The summed E-state index contributed by atoms with van der Waals surface area (Å²) in [6.45, 7) is 0. The molecule has 0 aliphatic rings. The summed E-state index contributed by atoms with van der Waals surface area (Å²) in [5.74, 6) is 0. The van der Waals surface area contributed by atoms with Gasteiger partial charge in [0, 0.05) is 20.3 Å². The quantitative estimate of drug-likeness (QED) is 0.511. The number of nitrogens with zero attached hydrogens (tertiary/aromatic N) is 3. The molecule has 0 spiro atoms. The third-order valence-corrected chi connectivity index (χ3v) is 0.900. The van der Waals surface area contributed by atoms with Crippen LogP contribution in [0.1, 0.15) is 0 Å². The van der Waals surface area contributed by atoms with E-state index in [1.165, 1.54) is 0 Å². The Kier molecular flexibility index (Phi) is 1.20. The number of hydrogen-bond donors (Lipinski definition) is 0. The van der Waals surface area contributed by atoms with E-state index in [2.05, 4.69) is 5.10 Å². The summed E-state index contributed by atoms with van der Waals surface area (Å²) in [6.07, 6.45) is 3.64. The second kappa shape index (κ2) is 1.86. The van der Waals surface area contributed by atoms with Gasteiger partial charge in [-0.3, -0.25) is 0 Å². The fourth-order valence-electron chi connectivity index (χ4n) is 0.497. The van der Waals surface area contributed by atoms with Gasteiger partial charge in [0.2, 0.25) is 0 Å². The molecule has 0 aliphatic carbocycles. The zero-order valence-electron chi connectivity index (χ0n) is 5.07. The number of rotatable bonds is 1. The minimum Gasteiger partial charge on any atom is -0.303 e. The Morgan fingerprint density at radius 3 is 2.50 bits per heavy atom. The van der Waals surface area contributed by atoms with Crippen molar-refractivity contribution in [2.24, 2.45) is 0 Å². The number of hydrogen-bond acceptors (Lipinski definition) is 2. The maximum Gasteiger partial charge on any atom is 0.0510 e. The Morgan fingerprint density at radius 1 is 1.50 bits per heavy atom. The molecule has 0 bridgehead atoms. The molecule has 0 saturated carbocycles. The van der Waals surface area contributed by atoms with Crippen LogP contribution >= 0.6 is 0 Å². The molecule has 0 radical (unpaired) electrons. The molecule has 8 heavy (non-hydrogen) atoms. The van der Waals surface area contributed by atoms with E-state index in [1.807, 2.05) is 31.4 Å². The van der Waals surface area contributed by atoms with E-state index in [0.717, 1.165) is 0 Å². The molecule has 0 aromatic carbocycles. The van der Waals surface area contributed by atoms with E-state index in [-0.39, 0.29) is 0 Å². The second-order valence-corrected chi connectivity index (χ2v) is 1.77. The van der Waals surface area contributed by atoms with Crippen LogP contribution in [-0.4, -0.2) is 24.0 Å². The maximum absolute atomic E-state index is 3.96. The lowest BCUT2D eigenvalue weighted by Crippen LogP contribution is -2.24. The molecule has 0 atom stereocenters. The summed E-state index contributed by atoms with van der Waals surface area (Å²) in [4.78, 5) is 1.75. The summed E-state index contributed by atoms with van der Waals surface area (Å²) in [7, 11) is 3.88. The molecule has 3 nitrogen and oxygen atoms in total. The predicted molar refractivity (Wildman–Crippen MR) is 32.3 cm³/mol. The highest BCUT2D eigenvalue weighted by atomic mass is 15.6. The Balaban J connectivity index is 2.77. The summed E-state index contributed by atoms with van der Waals surface area (Å²) < 4.78 is 0. The average Bonchev–Trinajstić information content (AvgIpc) is 2.12. The summed E-state index contributed by atoms with van der Waals surface area (Å²) >= 11 is 0. The summed E-state index contributed by atoms with van der Waals surface area (Å²) in [5.41, 5.74) is 0. The van der Waals surface area contributed by atoms with E-state index in [4.69, 9.17) is 0 Å². The Bertz CT molecular complexity index is 143.